The second kappa shape index (κ2) is 47.1. The molecule has 15 aromatic carbocycles. The Morgan fingerprint density at radius 1 is 0.207 bits per heavy atom. The van der Waals surface area contributed by atoms with Crippen LogP contribution in [0.2, 0.25) is 0 Å². The Morgan fingerprint density at radius 3 is 0.779 bits per heavy atom. The van der Waals surface area contributed by atoms with Gasteiger partial charge in [0.1, 0.15) is 56.3 Å². The van der Waals surface area contributed by atoms with Crippen LogP contribution >= 0.6 is 0 Å². The van der Waals surface area contributed by atoms with E-state index in [1.54, 1.807) is 85.6 Å². The fourth-order valence-corrected chi connectivity index (χ4v) is 16.2. The fourth-order valence-electron chi connectivity index (χ4n) is 16.2. The van der Waals surface area contributed by atoms with Gasteiger partial charge in [-0.3, -0.25) is 48.9 Å². The molecule has 5 aromatic heterocycles. The third-order valence-corrected chi connectivity index (χ3v) is 23.4. The van der Waals surface area contributed by atoms with Gasteiger partial charge in [-0.1, -0.05) is 231 Å². The number of hydrogen-bond donors (Lipinski definition) is 10. The molecule has 0 radical (unpaired) electrons. The molecule has 0 atom stereocenters. The summed E-state index contributed by atoms with van der Waals surface area (Å²) in [5.74, 6) is 0.0618. The maximum atomic E-state index is 12.6. The number of aryl methyl sites for hydroxylation is 2. The zero-order chi connectivity index (χ0) is 96.7. The summed E-state index contributed by atoms with van der Waals surface area (Å²) >= 11 is 0. The van der Waals surface area contributed by atoms with Crippen LogP contribution < -0.4 is 26.6 Å². The van der Waals surface area contributed by atoms with Crippen molar-refractivity contribution in [2.24, 2.45) is 0 Å². The molecular weight excluding hydrogens is 1740 g/mol. The van der Waals surface area contributed by atoms with Crippen LogP contribution in [0.4, 0.5) is 5.69 Å². The molecule has 0 bridgehead atoms. The third kappa shape index (κ3) is 25.6. The maximum absolute atomic E-state index is 12.6. The normalized spacial score (nSPS) is 10.7. The van der Waals surface area contributed by atoms with Gasteiger partial charge in [0.05, 0.1) is 0 Å². The highest BCUT2D eigenvalue weighted by molar-refractivity contribution is 6.06. The Labute approximate surface area is 810 Å². The topological polar surface area (TPSA) is 311 Å². The number of anilines is 1. The molecule has 0 saturated carbocycles. The number of amides is 5. The first-order valence-electron chi connectivity index (χ1n) is 46.1. The van der Waals surface area contributed by atoms with E-state index in [0.717, 1.165) is 132 Å². The summed E-state index contributed by atoms with van der Waals surface area (Å²) in [5, 5.41) is 70.4. The van der Waals surface area contributed by atoms with Crippen molar-refractivity contribution in [2.45, 2.75) is 45.1 Å². The number of hydrogen-bond acceptors (Lipinski definition) is 15. The van der Waals surface area contributed by atoms with Gasteiger partial charge < -0.3 is 52.1 Å². The first-order chi connectivity index (χ1) is 68.5. The summed E-state index contributed by atoms with van der Waals surface area (Å²) < 4.78 is 0. The molecule has 0 aliphatic heterocycles. The van der Waals surface area contributed by atoms with Crippen molar-refractivity contribution < 1.29 is 49.5 Å². The number of fused-ring (bicyclic) bond motifs is 5. The van der Waals surface area contributed by atoms with Gasteiger partial charge in [-0.05, 0) is 280 Å². The summed E-state index contributed by atoms with van der Waals surface area (Å²) in [4.78, 5) is 83.7. The van der Waals surface area contributed by atoms with Crippen LogP contribution in [0.5, 0.6) is 28.7 Å². The summed E-state index contributed by atoms with van der Waals surface area (Å²) in [6, 6.07) is 124. The molecule has 20 heteroatoms. The van der Waals surface area contributed by atoms with E-state index in [-0.39, 0.29) is 58.3 Å². The van der Waals surface area contributed by atoms with Gasteiger partial charge in [0.2, 0.25) is 0 Å². The lowest BCUT2D eigenvalue weighted by Crippen LogP contribution is -2.25. The minimum absolute atomic E-state index is 0.0803. The highest BCUT2D eigenvalue weighted by Gasteiger charge is 2.18. The first-order valence-corrected chi connectivity index (χ1v) is 46.1. The van der Waals surface area contributed by atoms with Gasteiger partial charge in [0.25, 0.3) is 29.5 Å². The molecule has 0 saturated heterocycles. The van der Waals surface area contributed by atoms with E-state index in [9.17, 15) is 49.5 Å². The highest BCUT2D eigenvalue weighted by atomic mass is 16.3. The minimum atomic E-state index is -0.176. The summed E-state index contributed by atoms with van der Waals surface area (Å²) in [6.07, 6.45) is 13.9. The number of phenolic OH excluding ortho intramolecular Hbond substituents is 5. The number of nitrogens with one attached hydrogen (secondary N) is 5. The van der Waals surface area contributed by atoms with Gasteiger partial charge in [0, 0.05) is 118 Å². The van der Waals surface area contributed by atoms with E-state index >= 15 is 0 Å². The van der Waals surface area contributed by atoms with Crippen LogP contribution in [-0.2, 0) is 25.8 Å². The van der Waals surface area contributed by atoms with Crippen molar-refractivity contribution in [3.05, 3.63) is 475 Å². The number of aromatic nitrogens is 5. The standard InChI is InChI=1S/C26H24N2O2.C25H22N2O2.C24H20N2O2.C23H18N2O2.C22H16N2O2/c29-24-18-23(17-21-13-7-15-27-25(21)24)20-11-6-12-22(16-20)26(30)28-14-5-4-10-19-8-2-1-3-9-19;28-23-17-22(16-20-12-6-13-26-24(20)23)19-10-4-11-21(15-19)25(29)27-14-5-9-18-7-2-1-3-8-18;27-22-16-21(15-19-10-5-12-25-23(19)22)18-8-4-9-20(14-18)24(28)26-13-11-17-6-2-1-3-7-17;26-21-14-20(13-18-10-5-11-24-22(18)21)17-8-4-9-19(12-17)23(27)25-15-16-6-2-1-3-7-16;25-20-14-18(13-16-8-5-11-23-21(16)20)15-6-4-7-17(12-15)22(26)24-19-9-2-1-3-10-19/h1-3,6-9,11-13,15-18,29H,4-5,10,14H2,(H,28,30);1-4,6-8,10-13,15-17,28H,5,9,14H2,(H,27,29);1-10,12,14-16,27H,11,13H2,(H,26,28);1-14,26H,15H2,(H,25,27);1-14,25H,(H,24,26). The van der Waals surface area contributed by atoms with Gasteiger partial charge >= 0.3 is 0 Å². The number of rotatable bonds is 25. The average Bonchev–Trinajstić information content (AvgIpc) is 0.810. The number of unbranched alkanes of at least 4 members (excludes halogenated alkanes) is 1. The van der Waals surface area contributed by atoms with Gasteiger partial charge in [-0.25, -0.2) is 0 Å². The zero-order valence-corrected chi connectivity index (χ0v) is 76.5. The van der Waals surface area contributed by atoms with Crippen molar-refractivity contribution in [1.82, 2.24) is 46.2 Å². The number of carbonyl (C=O) groups is 5. The molecule has 10 N–H and O–H groups in total. The van der Waals surface area contributed by atoms with Crippen molar-refractivity contribution in [3.8, 4) is 84.4 Å². The summed E-state index contributed by atoms with van der Waals surface area (Å²) in [7, 11) is 0. The van der Waals surface area contributed by atoms with Crippen molar-refractivity contribution in [1.29, 1.82) is 0 Å². The average molecular weight is 1840 g/mol. The van der Waals surface area contributed by atoms with Crippen LogP contribution in [-0.4, -0.2) is 99.6 Å². The maximum Gasteiger partial charge on any atom is 0.255 e. The minimum Gasteiger partial charge on any atom is -0.506 e. The molecule has 0 aliphatic rings. The van der Waals surface area contributed by atoms with Crippen molar-refractivity contribution in [2.75, 3.05) is 25.0 Å². The second-order valence-corrected chi connectivity index (χ2v) is 33.3. The van der Waals surface area contributed by atoms with Gasteiger partial charge in [-0.2, -0.15) is 0 Å². The summed E-state index contributed by atoms with van der Waals surface area (Å²) in [5.41, 5.74) is 19.9. The monoisotopic (exact) mass is 1840 g/mol. The predicted octanol–water partition coefficient (Wildman–Crippen LogP) is 24.3. The van der Waals surface area contributed by atoms with Crippen molar-refractivity contribution >= 4 is 89.7 Å². The number of aromatic hydroxyl groups is 5. The van der Waals surface area contributed by atoms with Crippen molar-refractivity contribution in [3.63, 3.8) is 0 Å². The number of benzene rings is 15. The Hall–Kier alpha value is -18.3. The molecule has 0 aliphatic carbocycles. The molecule has 20 aromatic rings. The van der Waals surface area contributed by atoms with E-state index in [0.29, 0.717) is 81.6 Å². The number of phenols is 5. The molecule has 0 fully saturated rings. The third-order valence-electron chi connectivity index (χ3n) is 23.4. The molecule has 20 nitrogen and oxygen atoms in total. The molecule has 0 unspecified atom stereocenters. The van der Waals surface area contributed by atoms with E-state index in [2.05, 4.69) is 87.9 Å². The van der Waals surface area contributed by atoms with Crippen LogP contribution in [0, 0.1) is 0 Å². The van der Waals surface area contributed by atoms with E-state index < -0.39 is 0 Å². The molecule has 5 heterocycles. The van der Waals surface area contributed by atoms with Gasteiger partial charge in [-0.15, -0.1) is 0 Å². The van der Waals surface area contributed by atoms with Crippen LogP contribution in [0.3, 0.4) is 0 Å². The molecule has 20 rings (SSSR count). The van der Waals surface area contributed by atoms with E-state index in [4.69, 9.17) is 0 Å². The smallest absolute Gasteiger partial charge is 0.255 e. The largest absolute Gasteiger partial charge is 0.506 e. The van der Waals surface area contributed by atoms with Crippen LogP contribution in [0.15, 0.2) is 425 Å². The highest BCUT2D eigenvalue weighted by Crippen LogP contribution is 2.37. The first kappa shape index (κ1) is 94.9. The van der Waals surface area contributed by atoms with E-state index in [1.165, 1.54) is 16.7 Å². The number of pyridine rings is 5. The second-order valence-electron chi connectivity index (χ2n) is 33.3. The zero-order valence-electron chi connectivity index (χ0n) is 76.5. The Kier molecular flexibility index (Phi) is 31.9. The lowest BCUT2D eigenvalue weighted by molar-refractivity contribution is 0.0943. The molecule has 0 spiro atoms. The predicted molar refractivity (Wildman–Crippen MR) is 558 cm³/mol. The lowest BCUT2D eigenvalue weighted by Gasteiger charge is -2.09. The fraction of sp³-hybridized carbons (Fsp3) is 0.0833. The number of carbonyl (C=O) groups excluding carboxylic acids is 5. The summed E-state index contributed by atoms with van der Waals surface area (Å²) in [6.45, 7) is 2.33. The SMILES string of the molecule is O=C(NCCCCc1ccccc1)c1cccc(-c2cc(O)c3ncccc3c2)c1.O=C(NCCCc1ccccc1)c1cccc(-c2cc(O)c3ncccc3c2)c1.O=C(NCCc1ccccc1)c1cccc(-c2cc(O)c3ncccc3c2)c1.O=C(NCc1ccccc1)c1cccc(-c2cc(O)c3ncccc3c2)c1.O=C(Nc1ccccc1)c1cccc(-c2cc(O)c3ncccc3c2)c1. The lowest BCUT2D eigenvalue weighted by atomic mass is 10.0. The van der Waals surface area contributed by atoms with Crippen LogP contribution in [0.25, 0.3) is 110 Å². The van der Waals surface area contributed by atoms with E-state index in [1.807, 2.05) is 303 Å². The Bertz CT molecular complexity index is 7730. The number of para-hydroxylation sites is 1. The van der Waals surface area contributed by atoms with Gasteiger partial charge in [0.15, 0.2) is 0 Å². The Balaban J connectivity index is 0.000000126. The molecule has 140 heavy (non-hydrogen) atoms. The van der Waals surface area contributed by atoms with Crippen LogP contribution in [0.1, 0.15) is 93.3 Å². The molecular formula is C120H100N10O10. The Morgan fingerprint density at radius 2 is 0.464 bits per heavy atom. The quantitative estimate of drug-likeness (QED) is 0.0238. The molecule has 5 amide bonds. The number of nitrogens with zero attached hydrogens (tertiary/aromatic N) is 5. The molecule has 690 valence electrons.